The number of hydrogen-bond donors (Lipinski definition) is 0. The Morgan fingerprint density at radius 1 is 1.28 bits per heavy atom. The van der Waals surface area contributed by atoms with Gasteiger partial charge in [0, 0.05) is 43.3 Å². The molecule has 1 aromatic carbocycles. The van der Waals surface area contributed by atoms with Crippen molar-refractivity contribution in [1.82, 2.24) is 14.3 Å². The number of pyridine rings is 1. The number of morpholine rings is 1. The van der Waals surface area contributed by atoms with Gasteiger partial charge in [-0.25, -0.2) is 22.9 Å². The van der Waals surface area contributed by atoms with Crippen LogP contribution in [0.5, 0.6) is 0 Å². The number of hydrogen-bond acceptors (Lipinski definition) is 6. The van der Waals surface area contributed by atoms with Crippen LogP contribution in [-0.2, 0) is 20.7 Å². The van der Waals surface area contributed by atoms with Crippen molar-refractivity contribution in [3.8, 4) is 11.3 Å². The molecule has 0 N–H and O–H groups in total. The van der Waals surface area contributed by atoms with Gasteiger partial charge in [0.1, 0.15) is 17.8 Å². The fourth-order valence-electron chi connectivity index (χ4n) is 4.32. The van der Waals surface area contributed by atoms with Crippen LogP contribution in [0.4, 0.5) is 13.2 Å². The van der Waals surface area contributed by atoms with Gasteiger partial charge in [-0.1, -0.05) is 20.8 Å². The van der Waals surface area contributed by atoms with Crippen LogP contribution in [0.25, 0.3) is 16.9 Å². The SMILES string of the molecule is CC(C)(C)CC=O.COC(=O)c1cc(C)c(-c2nc3cc(C(F)F)ccn3c2CC2CN(C)CCO2)cc1F. The number of benzene rings is 1. The number of halogens is 3. The van der Waals surface area contributed by atoms with E-state index in [-0.39, 0.29) is 22.6 Å². The third-order valence-corrected chi connectivity index (χ3v) is 6.43. The molecule has 1 atom stereocenters. The van der Waals surface area contributed by atoms with E-state index in [9.17, 15) is 22.8 Å². The van der Waals surface area contributed by atoms with E-state index in [1.807, 2.05) is 27.8 Å². The fourth-order valence-corrected chi connectivity index (χ4v) is 4.32. The van der Waals surface area contributed by atoms with Crippen molar-refractivity contribution in [3.63, 3.8) is 0 Å². The number of ether oxygens (including phenoxy) is 2. The Morgan fingerprint density at radius 3 is 2.56 bits per heavy atom. The van der Waals surface area contributed by atoms with Crippen molar-refractivity contribution < 1.29 is 32.2 Å². The van der Waals surface area contributed by atoms with Gasteiger partial charge < -0.3 is 23.6 Å². The lowest BCUT2D eigenvalue weighted by Gasteiger charge is -2.30. The van der Waals surface area contributed by atoms with E-state index in [0.717, 1.165) is 18.5 Å². The van der Waals surface area contributed by atoms with Crippen LogP contribution in [-0.4, -0.2) is 66.5 Å². The van der Waals surface area contributed by atoms with Crippen molar-refractivity contribution in [2.45, 2.75) is 53.1 Å². The monoisotopic (exact) mass is 547 g/mol. The summed E-state index contributed by atoms with van der Waals surface area (Å²) >= 11 is 0. The number of nitrogens with zero attached hydrogens (tertiary/aromatic N) is 3. The summed E-state index contributed by atoms with van der Waals surface area (Å²) in [6.45, 7) is 9.99. The first-order valence-corrected chi connectivity index (χ1v) is 12.8. The molecule has 0 saturated carbocycles. The number of alkyl halides is 2. The number of carbonyl (C=O) groups excluding carboxylic acids is 2. The molecule has 0 radical (unpaired) electrons. The average molecular weight is 548 g/mol. The highest BCUT2D eigenvalue weighted by Gasteiger charge is 2.25. The second-order valence-electron chi connectivity index (χ2n) is 10.9. The Hall–Kier alpha value is -3.24. The first kappa shape index (κ1) is 30.3. The molecule has 4 rings (SSSR count). The Kier molecular flexibility index (Phi) is 9.90. The Labute approximate surface area is 226 Å². The minimum Gasteiger partial charge on any atom is -0.465 e. The Balaban J connectivity index is 0.000000532. The van der Waals surface area contributed by atoms with Crippen LogP contribution >= 0.6 is 0 Å². The molecular formula is C29H36F3N3O4. The van der Waals surface area contributed by atoms with E-state index >= 15 is 0 Å². The lowest BCUT2D eigenvalue weighted by Crippen LogP contribution is -2.41. The highest BCUT2D eigenvalue weighted by Crippen LogP contribution is 2.32. The van der Waals surface area contributed by atoms with Crippen molar-refractivity contribution in [2.24, 2.45) is 5.41 Å². The summed E-state index contributed by atoms with van der Waals surface area (Å²) in [5, 5.41) is 0. The number of likely N-dealkylation sites (N-methyl/N-ethyl adjacent to an activating group) is 1. The molecule has 0 aliphatic carbocycles. The van der Waals surface area contributed by atoms with Gasteiger partial charge in [-0.05, 0) is 49.2 Å². The lowest BCUT2D eigenvalue weighted by atomic mass is 9.93. The number of carbonyl (C=O) groups is 2. The number of aromatic nitrogens is 2. The van der Waals surface area contributed by atoms with E-state index in [4.69, 9.17) is 4.74 Å². The van der Waals surface area contributed by atoms with Crippen LogP contribution in [0.3, 0.4) is 0 Å². The molecule has 3 heterocycles. The summed E-state index contributed by atoms with van der Waals surface area (Å²) in [7, 11) is 3.19. The second-order valence-corrected chi connectivity index (χ2v) is 10.9. The van der Waals surface area contributed by atoms with Crippen LogP contribution < -0.4 is 0 Å². The van der Waals surface area contributed by atoms with Crippen molar-refractivity contribution in [1.29, 1.82) is 0 Å². The highest BCUT2D eigenvalue weighted by atomic mass is 19.3. The number of aldehydes is 1. The largest absolute Gasteiger partial charge is 0.465 e. The topological polar surface area (TPSA) is 73.1 Å². The first-order chi connectivity index (χ1) is 18.3. The minimum atomic E-state index is -2.63. The molecule has 7 nitrogen and oxygen atoms in total. The van der Waals surface area contributed by atoms with Crippen LogP contribution in [0.15, 0.2) is 30.5 Å². The van der Waals surface area contributed by atoms with Crippen LogP contribution in [0.1, 0.15) is 60.8 Å². The lowest BCUT2D eigenvalue weighted by molar-refractivity contribution is -0.109. The van der Waals surface area contributed by atoms with E-state index in [1.54, 1.807) is 17.5 Å². The zero-order valence-corrected chi connectivity index (χ0v) is 23.3. The van der Waals surface area contributed by atoms with Gasteiger partial charge in [0.15, 0.2) is 0 Å². The molecule has 1 aliphatic heterocycles. The zero-order valence-electron chi connectivity index (χ0n) is 23.3. The third-order valence-electron chi connectivity index (χ3n) is 6.43. The summed E-state index contributed by atoms with van der Waals surface area (Å²) in [4.78, 5) is 28.4. The molecule has 1 saturated heterocycles. The highest BCUT2D eigenvalue weighted by molar-refractivity contribution is 5.91. The summed E-state index contributed by atoms with van der Waals surface area (Å²) in [5.41, 5.74) is 2.52. The Bertz CT molecular complexity index is 1320. The fraction of sp³-hybridized carbons (Fsp3) is 0.483. The van der Waals surface area contributed by atoms with Gasteiger partial charge in [-0.15, -0.1) is 0 Å². The number of rotatable bonds is 6. The number of methoxy groups -OCH3 is 1. The number of esters is 1. The van der Waals surface area contributed by atoms with Gasteiger partial charge in [0.25, 0.3) is 6.43 Å². The number of fused-ring (bicyclic) bond motifs is 1. The molecule has 2 aromatic heterocycles. The molecule has 0 spiro atoms. The zero-order chi connectivity index (χ0) is 28.9. The summed E-state index contributed by atoms with van der Waals surface area (Å²) < 4.78 is 53.6. The average Bonchev–Trinajstić information content (AvgIpc) is 3.21. The van der Waals surface area contributed by atoms with Crippen molar-refractivity contribution >= 4 is 17.9 Å². The molecule has 39 heavy (non-hydrogen) atoms. The Morgan fingerprint density at radius 2 is 2.00 bits per heavy atom. The van der Waals surface area contributed by atoms with E-state index in [2.05, 4.69) is 14.6 Å². The maximum Gasteiger partial charge on any atom is 0.340 e. The molecule has 1 unspecified atom stereocenters. The van der Waals surface area contributed by atoms with E-state index < -0.39 is 18.2 Å². The number of imidazole rings is 1. The molecule has 1 fully saturated rings. The predicted octanol–water partition coefficient (Wildman–Crippen LogP) is 5.67. The van der Waals surface area contributed by atoms with Gasteiger partial charge in [0.05, 0.1) is 36.8 Å². The molecule has 212 valence electrons. The van der Waals surface area contributed by atoms with Crippen LogP contribution in [0.2, 0.25) is 0 Å². The molecular weight excluding hydrogens is 511 g/mol. The predicted molar refractivity (Wildman–Crippen MR) is 143 cm³/mol. The number of aryl methyl sites for hydroxylation is 1. The summed E-state index contributed by atoms with van der Waals surface area (Å²) in [6.07, 6.45) is 0.893. The van der Waals surface area contributed by atoms with E-state index in [0.29, 0.717) is 48.5 Å². The van der Waals surface area contributed by atoms with Crippen molar-refractivity contribution in [2.75, 3.05) is 33.9 Å². The van der Waals surface area contributed by atoms with E-state index in [1.165, 1.54) is 31.4 Å². The summed E-state index contributed by atoms with van der Waals surface area (Å²) in [5.74, 6) is -1.50. The standard InChI is InChI=1S/C23H24F3N3O3.C6H12O/c1-13-8-17(23(30)31-3)18(24)11-16(13)21-19(10-15-12-28(2)6-7-32-15)29-5-4-14(22(25)26)9-20(29)27-21;1-6(2,3)4-5-7/h4-5,8-9,11,15,22H,6-7,10,12H2,1-3H3;5H,4H2,1-3H3. The maximum atomic E-state index is 14.8. The normalized spacial score (nSPS) is 16.2. The smallest absolute Gasteiger partial charge is 0.340 e. The van der Waals surface area contributed by atoms with Gasteiger partial charge >= 0.3 is 5.97 Å². The maximum absolute atomic E-state index is 14.8. The van der Waals surface area contributed by atoms with Gasteiger partial charge in [-0.3, -0.25) is 0 Å². The van der Waals surface area contributed by atoms with Gasteiger partial charge in [-0.2, -0.15) is 0 Å². The van der Waals surface area contributed by atoms with Crippen molar-refractivity contribution in [3.05, 3.63) is 58.7 Å². The summed E-state index contributed by atoms with van der Waals surface area (Å²) in [6, 6.07) is 5.35. The molecule has 3 aromatic rings. The molecule has 1 aliphatic rings. The molecule has 10 heteroatoms. The quantitative estimate of drug-likeness (QED) is 0.293. The van der Waals surface area contributed by atoms with Gasteiger partial charge in [0.2, 0.25) is 0 Å². The third kappa shape index (κ3) is 7.67. The first-order valence-electron chi connectivity index (χ1n) is 12.8. The van der Waals surface area contributed by atoms with Crippen LogP contribution in [0, 0.1) is 18.2 Å². The second kappa shape index (κ2) is 12.7. The molecule has 0 bridgehead atoms. The minimum absolute atomic E-state index is 0.123. The molecule has 0 amide bonds.